The fraction of sp³-hybridized carbons (Fsp3) is 0.409. The van der Waals surface area contributed by atoms with Crippen molar-refractivity contribution in [3.05, 3.63) is 58.6 Å². The fourth-order valence-corrected chi connectivity index (χ4v) is 3.75. The number of rotatable bonds is 7. The molecule has 0 aliphatic carbocycles. The maximum Gasteiger partial charge on any atom is 0.337 e. The minimum absolute atomic E-state index is 0.220. The summed E-state index contributed by atoms with van der Waals surface area (Å²) in [6, 6.07) is 12.7. The summed E-state index contributed by atoms with van der Waals surface area (Å²) in [5.41, 5.74) is 2.89. The third-order valence-corrected chi connectivity index (χ3v) is 5.46. The van der Waals surface area contributed by atoms with Crippen LogP contribution in [0.2, 0.25) is 5.02 Å². The molecule has 1 aliphatic heterocycles. The summed E-state index contributed by atoms with van der Waals surface area (Å²) in [6.45, 7) is 6.73. The van der Waals surface area contributed by atoms with E-state index in [1.54, 1.807) is 24.3 Å². The second-order valence-corrected chi connectivity index (χ2v) is 7.79. The highest BCUT2D eigenvalue weighted by molar-refractivity contribution is 6.30. The topological polar surface area (TPSA) is 63.4 Å². The molecule has 7 heteroatoms. The van der Waals surface area contributed by atoms with Gasteiger partial charge in [-0.15, -0.1) is 0 Å². The van der Waals surface area contributed by atoms with E-state index >= 15 is 0 Å². The molecule has 0 radical (unpaired) electrons. The van der Waals surface area contributed by atoms with Crippen LogP contribution in [0.1, 0.15) is 15.9 Å². The van der Waals surface area contributed by atoms with Gasteiger partial charge in [0, 0.05) is 10.7 Å². The number of esters is 1. The molecule has 6 nitrogen and oxygen atoms in total. The monoisotopic (exact) mass is 419 g/mol. The Kier molecular flexibility index (Phi) is 7.36. The number of nitrogens with one attached hydrogen (secondary N) is 1. The van der Waals surface area contributed by atoms with Gasteiger partial charge in [-0.05, 0) is 48.9 Å². The van der Waals surface area contributed by atoms with Crippen molar-refractivity contribution in [1.29, 1.82) is 0 Å². The van der Waals surface area contributed by atoms with Crippen LogP contribution in [0.15, 0.2) is 42.5 Å². The number of nitrogens with zero attached hydrogens (tertiary/aromatic N) is 1. The highest BCUT2D eigenvalue weighted by atomic mass is 35.5. The minimum Gasteiger partial charge on any atom is -0.491 e. The summed E-state index contributed by atoms with van der Waals surface area (Å²) in [7, 11) is 1.35. The lowest BCUT2D eigenvalue weighted by Crippen LogP contribution is -3.16. The first-order valence-electron chi connectivity index (χ1n) is 9.80. The predicted octanol–water partition coefficient (Wildman–Crippen LogP) is 1.58. The van der Waals surface area contributed by atoms with Crippen molar-refractivity contribution in [3.8, 4) is 5.75 Å². The lowest BCUT2D eigenvalue weighted by Gasteiger charge is -2.35. The smallest absolute Gasteiger partial charge is 0.337 e. The van der Waals surface area contributed by atoms with Gasteiger partial charge in [-0.2, -0.15) is 0 Å². The molecule has 1 aliphatic rings. The summed E-state index contributed by atoms with van der Waals surface area (Å²) in [6.07, 6.45) is -0.551. The summed E-state index contributed by atoms with van der Waals surface area (Å²) < 4.78 is 10.3. The van der Waals surface area contributed by atoms with E-state index in [4.69, 9.17) is 16.3 Å². The van der Waals surface area contributed by atoms with Crippen molar-refractivity contribution in [2.75, 3.05) is 51.3 Å². The number of carbonyl (C=O) groups is 1. The van der Waals surface area contributed by atoms with E-state index in [0.29, 0.717) is 17.9 Å². The Balaban J connectivity index is 1.43. The van der Waals surface area contributed by atoms with Gasteiger partial charge in [0.25, 0.3) is 0 Å². The number of hydrogen-bond donors (Lipinski definition) is 2. The van der Waals surface area contributed by atoms with Crippen LogP contribution in [0.3, 0.4) is 0 Å². The van der Waals surface area contributed by atoms with Gasteiger partial charge in [0.15, 0.2) is 0 Å². The van der Waals surface area contributed by atoms with Crippen LogP contribution >= 0.6 is 11.6 Å². The lowest BCUT2D eigenvalue weighted by molar-refractivity contribution is -0.903. The van der Waals surface area contributed by atoms with E-state index in [0.717, 1.165) is 31.2 Å². The average Bonchev–Trinajstić information content (AvgIpc) is 2.74. The van der Waals surface area contributed by atoms with E-state index in [1.165, 1.54) is 23.3 Å². The quantitative estimate of drug-likeness (QED) is 0.667. The first-order chi connectivity index (χ1) is 14.0. The number of aliphatic hydroxyl groups excluding tert-OH is 1. The first-order valence-corrected chi connectivity index (χ1v) is 10.2. The molecule has 1 fully saturated rings. The van der Waals surface area contributed by atoms with E-state index in [2.05, 4.69) is 22.6 Å². The average molecular weight is 420 g/mol. The van der Waals surface area contributed by atoms with E-state index in [1.807, 2.05) is 12.1 Å². The van der Waals surface area contributed by atoms with Crippen molar-refractivity contribution in [2.24, 2.45) is 0 Å². The van der Waals surface area contributed by atoms with Gasteiger partial charge in [-0.1, -0.05) is 17.7 Å². The van der Waals surface area contributed by atoms with Crippen LogP contribution in [0.4, 0.5) is 5.69 Å². The third kappa shape index (κ3) is 5.85. The summed E-state index contributed by atoms with van der Waals surface area (Å²) >= 11 is 6.15. The van der Waals surface area contributed by atoms with Crippen molar-refractivity contribution in [3.63, 3.8) is 0 Å². The lowest BCUT2D eigenvalue weighted by atomic mass is 10.1. The SMILES string of the molecule is COC(=O)c1ccc(OC[C@H](O)C[NH+]2CCN(c3cc(Cl)ccc3C)CC2)cc1. The Bertz CT molecular complexity index is 820. The van der Waals surface area contributed by atoms with Gasteiger partial charge in [0.1, 0.15) is 25.0 Å². The van der Waals surface area contributed by atoms with Crippen molar-refractivity contribution < 1.29 is 24.3 Å². The molecule has 29 heavy (non-hydrogen) atoms. The maximum atomic E-state index is 11.4. The third-order valence-electron chi connectivity index (χ3n) is 5.22. The molecule has 0 spiro atoms. The van der Waals surface area contributed by atoms with E-state index in [-0.39, 0.29) is 12.6 Å². The molecule has 0 unspecified atom stereocenters. The van der Waals surface area contributed by atoms with Crippen molar-refractivity contribution in [1.82, 2.24) is 0 Å². The Hall–Kier alpha value is -2.28. The Labute approximate surface area is 176 Å². The molecule has 1 atom stereocenters. The molecule has 3 rings (SSSR count). The fourth-order valence-electron chi connectivity index (χ4n) is 3.58. The van der Waals surface area contributed by atoms with Gasteiger partial charge in [-0.25, -0.2) is 4.79 Å². The predicted molar refractivity (Wildman–Crippen MR) is 113 cm³/mol. The highest BCUT2D eigenvalue weighted by Gasteiger charge is 2.23. The van der Waals surface area contributed by atoms with Crippen LogP contribution in [0, 0.1) is 6.92 Å². The number of methoxy groups -OCH3 is 1. The summed E-state index contributed by atoms with van der Waals surface area (Å²) in [5, 5.41) is 11.1. The number of benzene rings is 2. The number of quaternary nitrogens is 1. The van der Waals surface area contributed by atoms with Crippen molar-refractivity contribution in [2.45, 2.75) is 13.0 Å². The van der Waals surface area contributed by atoms with Gasteiger partial charge >= 0.3 is 5.97 Å². The highest BCUT2D eigenvalue weighted by Crippen LogP contribution is 2.24. The molecule has 2 aromatic carbocycles. The molecule has 1 heterocycles. The molecule has 2 N–H and O–H groups in total. The number of carbonyl (C=O) groups excluding carboxylic acids is 1. The zero-order valence-corrected chi connectivity index (χ0v) is 17.6. The maximum absolute atomic E-state index is 11.4. The zero-order valence-electron chi connectivity index (χ0n) is 16.9. The second kappa shape index (κ2) is 9.96. The van der Waals surface area contributed by atoms with Crippen LogP contribution in [0.25, 0.3) is 0 Å². The molecule has 0 amide bonds. The molecule has 0 aromatic heterocycles. The van der Waals surface area contributed by atoms with Crippen LogP contribution < -0.4 is 14.5 Å². The zero-order chi connectivity index (χ0) is 20.8. The Morgan fingerprint density at radius 1 is 1.21 bits per heavy atom. The Morgan fingerprint density at radius 3 is 2.55 bits per heavy atom. The van der Waals surface area contributed by atoms with Crippen LogP contribution in [-0.4, -0.2) is 63.6 Å². The van der Waals surface area contributed by atoms with E-state index in [9.17, 15) is 9.90 Å². The van der Waals surface area contributed by atoms with Crippen LogP contribution in [-0.2, 0) is 4.74 Å². The van der Waals surface area contributed by atoms with Gasteiger partial charge in [0.2, 0.25) is 0 Å². The molecular formula is C22H28ClN2O4+. The number of ether oxygens (including phenoxy) is 2. The number of anilines is 1. The molecule has 1 saturated heterocycles. The standard InChI is InChI=1S/C22H27ClN2O4/c1-16-3-6-18(23)13-21(16)25-11-9-24(10-12-25)14-19(26)15-29-20-7-4-17(5-8-20)22(27)28-2/h3-8,13,19,26H,9-12,14-15H2,1-2H3/p+1/t19-/m1/s1. The molecular weight excluding hydrogens is 392 g/mol. The number of halogens is 1. The number of aryl methyl sites for hydroxylation is 1. The van der Waals surface area contributed by atoms with Gasteiger partial charge in [-0.3, -0.25) is 0 Å². The van der Waals surface area contributed by atoms with Gasteiger partial charge in [0.05, 0.1) is 38.9 Å². The van der Waals surface area contributed by atoms with Gasteiger partial charge < -0.3 is 24.4 Å². The number of aliphatic hydroxyl groups is 1. The molecule has 0 bridgehead atoms. The minimum atomic E-state index is -0.551. The number of piperazine rings is 1. The normalized spacial score (nSPS) is 15.8. The van der Waals surface area contributed by atoms with E-state index < -0.39 is 6.10 Å². The molecule has 2 aromatic rings. The van der Waals surface area contributed by atoms with Crippen molar-refractivity contribution >= 4 is 23.3 Å². The first kappa shape index (κ1) is 21.4. The Morgan fingerprint density at radius 2 is 1.90 bits per heavy atom. The summed E-state index contributed by atoms with van der Waals surface area (Å²) in [4.78, 5) is 15.2. The largest absolute Gasteiger partial charge is 0.491 e. The molecule has 156 valence electrons. The number of hydrogen-bond acceptors (Lipinski definition) is 5. The molecule has 0 saturated carbocycles. The van der Waals surface area contributed by atoms with Crippen LogP contribution in [0.5, 0.6) is 5.75 Å². The summed E-state index contributed by atoms with van der Waals surface area (Å²) in [5.74, 6) is 0.236. The second-order valence-electron chi connectivity index (χ2n) is 7.35.